The normalized spacial score (nSPS) is 14.2. The summed E-state index contributed by atoms with van der Waals surface area (Å²) in [5.41, 5.74) is 3.80. The summed E-state index contributed by atoms with van der Waals surface area (Å²) in [7, 11) is 2.12. The second kappa shape index (κ2) is 6.58. The number of rotatable bonds is 6. The van der Waals surface area contributed by atoms with Crippen LogP contribution in [0, 0.1) is 0 Å². The van der Waals surface area contributed by atoms with Crippen LogP contribution < -0.4 is 10.2 Å². The lowest BCUT2D eigenvalue weighted by Crippen LogP contribution is -2.21. The molecule has 0 aliphatic heterocycles. The molecule has 3 nitrogen and oxygen atoms in total. The minimum atomic E-state index is 0.724. The van der Waals surface area contributed by atoms with Crippen LogP contribution >= 0.6 is 15.9 Å². The molecule has 4 heteroatoms. The number of hydrogen-bond donors (Lipinski definition) is 1. The monoisotopic (exact) mass is 345 g/mol. The number of anilines is 1. The Morgan fingerprint density at radius 1 is 1.33 bits per heavy atom. The predicted molar refractivity (Wildman–Crippen MR) is 90.3 cm³/mol. The van der Waals surface area contributed by atoms with E-state index in [1.165, 1.54) is 29.7 Å². The fourth-order valence-electron chi connectivity index (χ4n) is 2.44. The Morgan fingerprint density at radius 2 is 2.19 bits per heavy atom. The molecule has 1 aromatic carbocycles. The third-order valence-corrected chi connectivity index (χ3v) is 4.26. The minimum absolute atomic E-state index is 0.724. The van der Waals surface area contributed by atoms with E-state index >= 15 is 0 Å². The average molecular weight is 346 g/mol. The number of halogens is 1. The maximum absolute atomic E-state index is 4.29. The number of nitrogens with one attached hydrogen (secondary N) is 1. The SMILES string of the molecule is CN(Cc1cccc(Br)c1)c1cnccc1CNC1CC1. The zero-order valence-corrected chi connectivity index (χ0v) is 13.8. The third kappa shape index (κ3) is 4.05. The van der Waals surface area contributed by atoms with Crippen molar-refractivity contribution in [3.05, 3.63) is 58.3 Å². The van der Waals surface area contributed by atoms with Crippen LogP contribution in [0.15, 0.2) is 47.2 Å². The Balaban J connectivity index is 1.72. The van der Waals surface area contributed by atoms with E-state index in [2.05, 4.69) is 68.5 Å². The molecular formula is C17H20BrN3. The fraction of sp³-hybridized carbons (Fsp3) is 0.353. The van der Waals surface area contributed by atoms with E-state index in [9.17, 15) is 0 Å². The van der Waals surface area contributed by atoms with Gasteiger partial charge in [0, 0.05) is 36.8 Å². The molecule has 1 heterocycles. The Kier molecular flexibility index (Phi) is 4.56. The summed E-state index contributed by atoms with van der Waals surface area (Å²) in [4.78, 5) is 6.55. The third-order valence-electron chi connectivity index (χ3n) is 3.77. The summed E-state index contributed by atoms with van der Waals surface area (Å²) in [6.45, 7) is 1.80. The zero-order chi connectivity index (χ0) is 14.7. The molecule has 2 aromatic rings. The van der Waals surface area contributed by atoms with Crippen LogP contribution in [0.5, 0.6) is 0 Å². The molecular weight excluding hydrogens is 326 g/mol. The lowest BCUT2D eigenvalue weighted by atomic mass is 10.1. The summed E-state index contributed by atoms with van der Waals surface area (Å²) < 4.78 is 1.12. The summed E-state index contributed by atoms with van der Waals surface area (Å²) in [6, 6.07) is 11.3. The molecule has 1 saturated carbocycles. The van der Waals surface area contributed by atoms with Crippen molar-refractivity contribution < 1.29 is 0 Å². The molecule has 1 aromatic heterocycles. The number of aromatic nitrogens is 1. The van der Waals surface area contributed by atoms with Gasteiger partial charge in [0.2, 0.25) is 0 Å². The van der Waals surface area contributed by atoms with Gasteiger partial charge in [-0.05, 0) is 42.2 Å². The molecule has 1 N–H and O–H groups in total. The number of benzene rings is 1. The van der Waals surface area contributed by atoms with Gasteiger partial charge in [-0.15, -0.1) is 0 Å². The Morgan fingerprint density at radius 3 is 2.95 bits per heavy atom. The second-order valence-electron chi connectivity index (χ2n) is 5.65. The van der Waals surface area contributed by atoms with Crippen LogP contribution in [0.2, 0.25) is 0 Å². The maximum Gasteiger partial charge on any atom is 0.0598 e. The van der Waals surface area contributed by atoms with Crippen LogP contribution in [-0.4, -0.2) is 18.1 Å². The summed E-state index contributed by atoms with van der Waals surface area (Å²) in [5.74, 6) is 0. The quantitative estimate of drug-likeness (QED) is 0.864. The molecule has 0 spiro atoms. The van der Waals surface area contributed by atoms with Crippen molar-refractivity contribution in [1.29, 1.82) is 0 Å². The highest BCUT2D eigenvalue weighted by Crippen LogP contribution is 2.23. The highest BCUT2D eigenvalue weighted by atomic mass is 79.9. The van der Waals surface area contributed by atoms with E-state index in [-0.39, 0.29) is 0 Å². The van der Waals surface area contributed by atoms with E-state index in [0.717, 1.165) is 23.6 Å². The summed E-state index contributed by atoms with van der Waals surface area (Å²) >= 11 is 3.53. The van der Waals surface area contributed by atoms with Gasteiger partial charge in [0.25, 0.3) is 0 Å². The van der Waals surface area contributed by atoms with Crippen molar-refractivity contribution >= 4 is 21.6 Å². The first-order chi connectivity index (χ1) is 10.2. The van der Waals surface area contributed by atoms with Crippen LogP contribution in [0.1, 0.15) is 24.0 Å². The number of nitrogens with zero attached hydrogens (tertiary/aromatic N) is 2. The van der Waals surface area contributed by atoms with Gasteiger partial charge in [0.1, 0.15) is 0 Å². The van der Waals surface area contributed by atoms with Gasteiger partial charge in [-0.3, -0.25) is 4.98 Å². The summed E-state index contributed by atoms with van der Waals surface area (Å²) in [5, 5.41) is 3.58. The highest BCUT2D eigenvalue weighted by molar-refractivity contribution is 9.10. The van der Waals surface area contributed by atoms with Gasteiger partial charge in [-0.25, -0.2) is 0 Å². The average Bonchev–Trinajstić information content (AvgIpc) is 3.29. The van der Waals surface area contributed by atoms with Crippen molar-refractivity contribution in [3.63, 3.8) is 0 Å². The molecule has 0 amide bonds. The molecule has 0 bridgehead atoms. The Labute approximate surface area is 134 Å². The molecule has 110 valence electrons. The lowest BCUT2D eigenvalue weighted by molar-refractivity contribution is 0.684. The molecule has 0 atom stereocenters. The maximum atomic E-state index is 4.29. The summed E-state index contributed by atoms with van der Waals surface area (Å²) in [6.07, 6.45) is 6.46. The number of hydrogen-bond acceptors (Lipinski definition) is 3. The highest BCUT2D eigenvalue weighted by Gasteiger charge is 2.20. The molecule has 1 aliphatic rings. The fourth-order valence-corrected chi connectivity index (χ4v) is 2.89. The van der Waals surface area contributed by atoms with Gasteiger partial charge in [0.05, 0.1) is 11.9 Å². The second-order valence-corrected chi connectivity index (χ2v) is 6.56. The Bertz CT molecular complexity index is 610. The van der Waals surface area contributed by atoms with Gasteiger partial charge in [-0.2, -0.15) is 0 Å². The molecule has 1 fully saturated rings. The van der Waals surface area contributed by atoms with E-state index in [0.29, 0.717) is 0 Å². The van der Waals surface area contributed by atoms with Gasteiger partial charge >= 0.3 is 0 Å². The van der Waals surface area contributed by atoms with E-state index in [1.807, 2.05) is 12.4 Å². The standard InChI is InChI=1S/C17H20BrN3/c1-21(12-13-3-2-4-15(18)9-13)17-11-19-8-7-14(17)10-20-16-5-6-16/h2-4,7-9,11,16,20H,5-6,10,12H2,1H3. The van der Waals surface area contributed by atoms with Crippen molar-refractivity contribution in [1.82, 2.24) is 10.3 Å². The zero-order valence-electron chi connectivity index (χ0n) is 12.2. The molecule has 3 rings (SSSR count). The van der Waals surface area contributed by atoms with Crippen molar-refractivity contribution in [2.45, 2.75) is 32.0 Å². The van der Waals surface area contributed by atoms with E-state index in [4.69, 9.17) is 0 Å². The van der Waals surface area contributed by atoms with Crippen LogP contribution in [-0.2, 0) is 13.1 Å². The van der Waals surface area contributed by atoms with Crippen molar-refractivity contribution in [2.24, 2.45) is 0 Å². The van der Waals surface area contributed by atoms with Gasteiger partial charge in [0.15, 0.2) is 0 Å². The first-order valence-corrected chi connectivity index (χ1v) is 8.13. The predicted octanol–water partition coefficient (Wildman–Crippen LogP) is 3.73. The van der Waals surface area contributed by atoms with Gasteiger partial charge in [-0.1, -0.05) is 28.1 Å². The molecule has 0 unspecified atom stereocenters. The van der Waals surface area contributed by atoms with Crippen molar-refractivity contribution in [2.75, 3.05) is 11.9 Å². The first kappa shape index (κ1) is 14.5. The largest absolute Gasteiger partial charge is 0.369 e. The minimum Gasteiger partial charge on any atom is -0.369 e. The lowest BCUT2D eigenvalue weighted by Gasteiger charge is -2.22. The van der Waals surface area contributed by atoms with Crippen LogP contribution in [0.4, 0.5) is 5.69 Å². The van der Waals surface area contributed by atoms with Crippen molar-refractivity contribution in [3.8, 4) is 0 Å². The number of pyridine rings is 1. The topological polar surface area (TPSA) is 28.2 Å². The Hall–Kier alpha value is -1.39. The molecule has 0 radical (unpaired) electrons. The first-order valence-electron chi connectivity index (χ1n) is 7.34. The van der Waals surface area contributed by atoms with Crippen LogP contribution in [0.25, 0.3) is 0 Å². The molecule has 0 saturated heterocycles. The van der Waals surface area contributed by atoms with Gasteiger partial charge < -0.3 is 10.2 Å². The van der Waals surface area contributed by atoms with Crippen LogP contribution in [0.3, 0.4) is 0 Å². The molecule has 21 heavy (non-hydrogen) atoms. The smallest absolute Gasteiger partial charge is 0.0598 e. The van der Waals surface area contributed by atoms with E-state index < -0.39 is 0 Å². The molecule has 1 aliphatic carbocycles. The van der Waals surface area contributed by atoms with E-state index in [1.54, 1.807) is 0 Å².